The second-order valence-corrected chi connectivity index (χ2v) is 10.3. The van der Waals surface area contributed by atoms with Crippen molar-refractivity contribution in [3.8, 4) is 0 Å². The lowest BCUT2D eigenvalue weighted by molar-refractivity contribution is -0.148. The molecule has 3 nitrogen and oxygen atoms in total. The molecule has 0 heterocycles. The van der Waals surface area contributed by atoms with E-state index in [0.29, 0.717) is 22.8 Å². The van der Waals surface area contributed by atoms with Gasteiger partial charge in [-0.05, 0) is 86.4 Å². The van der Waals surface area contributed by atoms with Gasteiger partial charge in [0.25, 0.3) is 0 Å². The standard InChI is InChI=1S/C23H37NO2/c1-14(24)19-7-8-20-18-6-5-16-13-17(26-15(2)25)9-11-22(16,3)21(18)10-12-23(19,20)4/h5,14,17-21H,6-13,24H2,1-4H3/t14-,17-,18+,19+,20+,21-,22-,23+/m0/s1. The molecule has 4 rings (SSSR count). The molecule has 26 heavy (non-hydrogen) atoms. The fourth-order valence-electron chi connectivity index (χ4n) is 7.87. The first-order chi connectivity index (χ1) is 12.3. The zero-order chi connectivity index (χ0) is 18.7. The van der Waals surface area contributed by atoms with Gasteiger partial charge in [0.2, 0.25) is 0 Å². The van der Waals surface area contributed by atoms with Crippen LogP contribution in [-0.4, -0.2) is 18.1 Å². The van der Waals surface area contributed by atoms with Crippen LogP contribution in [0.1, 0.15) is 79.1 Å². The quantitative estimate of drug-likeness (QED) is 0.567. The summed E-state index contributed by atoms with van der Waals surface area (Å²) in [5.74, 6) is 3.06. The van der Waals surface area contributed by atoms with Crippen LogP contribution in [0.2, 0.25) is 0 Å². The number of carbonyl (C=O) groups excluding carboxylic acids is 1. The van der Waals surface area contributed by atoms with E-state index in [2.05, 4.69) is 26.8 Å². The molecule has 0 aromatic rings. The van der Waals surface area contributed by atoms with Crippen LogP contribution < -0.4 is 5.73 Å². The summed E-state index contributed by atoms with van der Waals surface area (Å²) in [5.41, 5.74) is 8.75. The van der Waals surface area contributed by atoms with Gasteiger partial charge in [-0.1, -0.05) is 25.5 Å². The second-order valence-electron chi connectivity index (χ2n) is 10.3. The number of esters is 1. The Morgan fingerprint density at radius 1 is 1.19 bits per heavy atom. The van der Waals surface area contributed by atoms with Crippen molar-refractivity contribution in [3.63, 3.8) is 0 Å². The summed E-state index contributed by atoms with van der Waals surface area (Å²) in [6, 6.07) is 0.325. The molecular weight excluding hydrogens is 322 g/mol. The third-order valence-corrected chi connectivity index (χ3v) is 9.10. The van der Waals surface area contributed by atoms with Crippen molar-refractivity contribution in [2.24, 2.45) is 40.2 Å². The zero-order valence-corrected chi connectivity index (χ0v) is 17.1. The fourth-order valence-corrected chi connectivity index (χ4v) is 7.87. The van der Waals surface area contributed by atoms with Gasteiger partial charge in [0.05, 0.1) is 0 Å². The zero-order valence-electron chi connectivity index (χ0n) is 17.1. The van der Waals surface area contributed by atoms with Crippen molar-refractivity contribution in [2.75, 3.05) is 0 Å². The smallest absolute Gasteiger partial charge is 0.302 e. The summed E-state index contributed by atoms with van der Waals surface area (Å²) in [6.45, 7) is 8.82. The maximum absolute atomic E-state index is 11.4. The molecule has 4 aliphatic carbocycles. The molecular formula is C23H37NO2. The Labute approximate surface area is 159 Å². The Hall–Kier alpha value is -0.830. The lowest BCUT2D eigenvalue weighted by atomic mass is 9.47. The first-order valence-corrected chi connectivity index (χ1v) is 10.9. The summed E-state index contributed by atoms with van der Waals surface area (Å²) in [7, 11) is 0. The number of rotatable bonds is 2. The Kier molecular flexibility index (Phi) is 4.53. The Morgan fingerprint density at radius 2 is 1.96 bits per heavy atom. The highest BCUT2D eigenvalue weighted by molar-refractivity contribution is 5.66. The van der Waals surface area contributed by atoms with Crippen LogP contribution in [0.5, 0.6) is 0 Å². The molecule has 3 fully saturated rings. The Morgan fingerprint density at radius 3 is 2.65 bits per heavy atom. The molecule has 3 heteroatoms. The van der Waals surface area contributed by atoms with E-state index in [4.69, 9.17) is 10.5 Å². The highest BCUT2D eigenvalue weighted by Gasteiger charge is 2.59. The number of carbonyl (C=O) groups is 1. The molecule has 0 aromatic heterocycles. The average Bonchev–Trinajstić information content (AvgIpc) is 2.92. The first-order valence-electron chi connectivity index (χ1n) is 10.9. The van der Waals surface area contributed by atoms with Crippen molar-refractivity contribution in [1.82, 2.24) is 0 Å². The number of ether oxygens (including phenoxy) is 1. The monoisotopic (exact) mass is 359 g/mol. The summed E-state index contributed by atoms with van der Waals surface area (Å²) in [6.07, 6.45) is 12.4. The highest BCUT2D eigenvalue weighted by Crippen LogP contribution is 2.66. The van der Waals surface area contributed by atoms with Crippen LogP contribution >= 0.6 is 0 Å². The molecule has 8 atom stereocenters. The predicted octanol–water partition coefficient (Wildman–Crippen LogP) is 4.84. The predicted molar refractivity (Wildman–Crippen MR) is 104 cm³/mol. The van der Waals surface area contributed by atoms with Gasteiger partial charge in [0, 0.05) is 19.4 Å². The second kappa shape index (κ2) is 6.36. The van der Waals surface area contributed by atoms with Crippen LogP contribution in [0.25, 0.3) is 0 Å². The average molecular weight is 360 g/mol. The van der Waals surface area contributed by atoms with E-state index in [1.807, 2.05) is 0 Å². The Bertz CT molecular complexity index is 611. The number of allylic oxidation sites excluding steroid dienone is 1. The molecule has 3 saturated carbocycles. The SMILES string of the molecule is CC(=O)O[C@H]1CC[C@@]2(C)C(=CC[C@@H]3[C@H]4CC[C@H]([C@H](C)N)[C@@]4(C)CC[C@@H]32)C1. The van der Waals surface area contributed by atoms with E-state index >= 15 is 0 Å². The fraction of sp³-hybridized carbons (Fsp3) is 0.870. The molecule has 0 aliphatic heterocycles. The van der Waals surface area contributed by atoms with Gasteiger partial charge >= 0.3 is 5.97 Å². The lowest BCUT2D eigenvalue weighted by Gasteiger charge is -2.58. The van der Waals surface area contributed by atoms with E-state index in [9.17, 15) is 4.79 Å². The Balaban J connectivity index is 1.58. The number of fused-ring (bicyclic) bond motifs is 5. The first kappa shape index (κ1) is 18.5. The van der Waals surface area contributed by atoms with Crippen molar-refractivity contribution in [2.45, 2.75) is 91.2 Å². The van der Waals surface area contributed by atoms with Gasteiger partial charge in [0.15, 0.2) is 0 Å². The molecule has 0 saturated heterocycles. The van der Waals surface area contributed by atoms with Gasteiger partial charge in [-0.25, -0.2) is 0 Å². The van der Waals surface area contributed by atoms with Crippen LogP contribution in [-0.2, 0) is 9.53 Å². The molecule has 0 aromatic carbocycles. The van der Waals surface area contributed by atoms with Crippen LogP contribution in [0.3, 0.4) is 0 Å². The molecule has 2 N–H and O–H groups in total. The van der Waals surface area contributed by atoms with Crippen LogP contribution in [0, 0.1) is 34.5 Å². The van der Waals surface area contributed by atoms with Gasteiger partial charge in [-0.2, -0.15) is 0 Å². The van der Waals surface area contributed by atoms with E-state index in [1.54, 1.807) is 5.57 Å². The minimum Gasteiger partial charge on any atom is -0.462 e. The van der Waals surface area contributed by atoms with E-state index in [0.717, 1.165) is 30.6 Å². The maximum atomic E-state index is 11.4. The van der Waals surface area contributed by atoms with Crippen molar-refractivity contribution < 1.29 is 9.53 Å². The molecule has 0 amide bonds. The number of hydrogen-bond donors (Lipinski definition) is 1. The lowest BCUT2D eigenvalue weighted by Crippen LogP contribution is -2.52. The minimum atomic E-state index is -0.130. The summed E-state index contributed by atoms with van der Waals surface area (Å²) >= 11 is 0. The molecule has 0 spiro atoms. The number of nitrogens with two attached hydrogens (primary N) is 1. The summed E-state index contributed by atoms with van der Waals surface area (Å²) < 4.78 is 5.55. The third kappa shape index (κ3) is 2.68. The molecule has 146 valence electrons. The minimum absolute atomic E-state index is 0.103. The molecule has 0 bridgehead atoms. The normalized spacial score (nSPS) is 48.7. The van der Waals surface area contributed by atoms with Gasteiger partial charge in [0.1, 0.15) is 6.10 Å². The van der Waals surface area contributed by atoms with E-state index in [1.165, 1.54) is 45.4 Å². The van der Waals surface area contributed by atoms with Gasteiger partial charge < -0.3 is 10.5 Å². The number of hydrogen-bond acceptors (Lipinski definition) is 3. The van der Waals surface area contributed by atoms with E-state index < -0.39 is 0 Å². The summed E-state index contributed by atoms with van der Waals surface area (Å²) in [5, 5.41) is 0. The van der Waals surface area contributed by atoms with Crippen LogP contribution in [0.4, 0.5) is 0 Å². The van der Waals surface area contributed by atoms with Gasteiger partial charge in [-0.15, -0.1) is 0 Å². The van der Waals surface area contributed by atoms with Crippen LogP contribution in [0.15, 0.2) is 11.6 Å². The van der Waals surface area contributed by atoms with Gasteiger partial charge in [-0.3, -0.25) is 4.79 Å². The largest absolute Gasteiger partial charge is 0.462 e. The van der Waals surface area contributed by atoms with Crippen molar-refractivity contribution >= 4 is 5.97 Å². The molecule has 0 unspecified atom stereocenters. The van der Waals surface area contributed by atoms with Crippen molar-refractivity contribution in [1.29, 1.82) is 0 Å². The highest BCUT2D eigenvalue weighted by atomic mass is 16.5. The van der Waals surface area contributed by atoms with Crippen molar-refractivity contribution in [3.05, 3.63) is 11.6 Å². The topological polar surface area (TPSA) is 52.3 Å². The maximum Gasteiger partial charge on any atom is 0.302 e. The third-order valence-electron chi connectivity index (χ3n) is 9.10. The molecule has 0 radical (unpaired) electrons. The summed E-state index contributed by atoms with van der Waals surface area (Å²) in [4.78, 5) is 11.4. The van der Waals surface area contributed by atoms with E-state index in [-0.39, 0.29) is 12.1 Å². The molecule has 4 aliphatic rings.